The van der Waals surface area contributed by atoms with E-state index in [1.165, 1.54) is 116 Å². The van der Waals surface area contributed by atoms with Crippen LogP contribution in [0.2, 0.25) is 0 Å². The van der Waals surface area contributed by atoms with Crippen LogP contribution in [0.1, 0.15) is 168 Å². The van der Waals surface area contributed by atoms with Crippen molar-refractivity contribution < 1.29 is 19.1 Å². The fraction of sp³-hybridized carbons (Fsp3) is 0.765. The molecule has 4 heteroatoms. The van der Waals surface area contributed by atoms with Crippen LogP contribution in [0.3, 0.4) is 0 Å². The number of benzene rings is 1. The molecule has 38 heavy (non-hydrogen) atoms. The summed E-state index contributed by atoms with van der Waals surface area (Å²) in [6.45, 7) is 4.51. The molecule has 218 valence electrons. The van der Waals surface area contributed by atoms with Gasteiger partial charge in [0.15, 0.2) is 0 Å². The third-order valence-electron chi connectivity index (χ3n) is 7.26. The minimum absolute atomic E-state index is 0.192. The summed E-state index contributed by atoms with van der Waals surface area (Å²) >= 11 is 0. The average molecular weight is 531 g/mol. The average Bonchev–Trinajstić information content (AvgIpc) is 2.91. The molecule has 0 saturated heterocycles. The molecule has 0 radical (unpaired) electrons. The largest absolute Gasteiger partial charge is 0.427 e. The molecule has 1 aromatic rings. The molecule has 0 atom stereocenters. The van der Waals surface area contributed by atoms with Gasteiger partial charge in [-0.15, -0.1) is 0 Å². The van der Waals surface area contributed by atoms with E-state index in [1.807, 2.05) is 0 Å². The summed E-state index contributed by atoms with van der Waals surface area (Å²) < 4.78 is 10.9. The van der Waals surface area contributed by atoms with E-state index in [-0.39, 0.29) is 11.9 Å². The molecule has 1 aromatic carbocycles. The second-order valence-corrected chi connectivity index (χ2v) is 11.0. The first-order chi connectivity index (χ1) is 18.7. The summed E-state index contributed by atoms with van der Waals surface area (Å²) in [6.07, 6.45) is 28.7. The zero-order chi connectivity index (χ0) is 27.5. The molecule has 0 aliphatic heterocycles. The van der Waals surface area contributed by atoms with Crippen molar-refractivity contribution in [1.82, 2.24) is 0 Å². The molecular weight excluding hydrogens is 472 g/mol. The Labute approximate surface area is 234 Å². The second kappa shape index (κ2) is 25.4. The number of carbonyl (C=O) groups excluding carboxylic acids is 2. The van der Waals surface area contributed by atoms with Crippen molar-refractivity contribution in [1.29, 1.82) is 0 Å². The number of carbonyl (C=O) groups is 2. The molecule has 1 rings (SSSR count). The van der Waals surface area contributed by atoms with Gasteiger partial charge in [-0.3, -0.25) is 9.59 Å². The van der Waals surface area contributed by atoms with Crippen molar-refractivity contribution in [3.8, 4) is 11.5 Å². The number of hydrogen-bond donors (Lipinski definition) is 0. The van der Waals surface area contributed by atoms with Crippen LogP contribution in [0.5, 0.6) is 11.5 Å². The van der Waals surface area contributed by atoms with E-state index in [0.29, 0.717) is 24.3 Å². The molecule has 0 amide bonds. The van der Waals surface area contributed by atoms with Gasteiger partial charge in [-0.05, 0) is 37.1 Å². The first-order valence-electron chi connectivity index (χ1n) is 16.2. The van der Waals surface area contributed by atoms with E-state index in [2.05, 4.69) is 13.8 Å². The number of unbranched alkanes of at least 4 members (excludes halogenated alkanes) is 20. The maximum Gasteiger partial charge on any atom is 0.311 e. The van der Waals surface area contributed by atoms with Crippen molar-refractivity contribution in [2.45, 2.75) is 168 Å². The summed E-state index contributed by atoms with van der Waals surface area (Å²) in [5, 5.41) is 0. The maximum atomic E-state index is 12.1. The molecule has 0 heterocycles. The number of esters is 2. The van der Waals surface area contributed by atoms with Gasteiger partial charge < -0.3 is 9.47 Å². The van der Waals surface area contributed by atoms with Crippen LogP contribution in [-0.2, 0) is 9.59 Å². The molecule has 0 unspecified atom stereocenters. The van der Waals surface area contributed by atoms with Gasteiger partial charge in [0.05, 0.1) is 0 Å². The SMILES string of the molecule is CCCCCCCCCCCCCC(=O)Oc1ccc(OC(=O)CCCCCCCCCCCCC)cc1. The first kappa shape index (κ1) is 34.2. The number of ether oxygens (including phenoxy) is 2. The Bertz CT molecular complexity index is 623. The Hall–Kier alpha value is -1.84. The monoisotopic (exact) mass is 530 g/mol. The van der Waals surface area contributed by atoms with Crippen molar-refractivity contribution in [3.63, 3.8) is 0 Å². The topological polar surface area (TPSA) is 52.6 Å². The van der Waals surface area contributed by atoms with Crippen LogP contribution in [-0.4, -0.2) is 11.9 Å². The summed E-state index contributed by atoms with van der Waals surface area (Å²) in [5.74, 6) is 0.621. The lowest BCUT2D eigenvalue weighted by molar-refractivity contribution is -0.135. The van der Waals surface area contributed by atoms with Gasteiger partial charge in [-0.1, -0.05) is 142 Å². The van der Waals surface area contributed by atoms with Crippen LogP contribution in [0.25, 0.3) is 0 Å². The lowest BCUT2D eigenvalue weighted by atomic mass is 10.1. The van der Waals surface area contributed by atoms with Crippen LogP contribution in [0.15, 0.2) is 24.3 Å². The molecule has 0 bridgehead atoms. The Kier molecular flexibility index (Phi) is 22.9. The Morgan fingerprint density at radius 3 is 0.921 bits per heavy atom. The summed E-state index contributed by atoms with van der Waals surface area (Å²) in [4.78, 5) is 24.2. The van der Waals surface area contributed by atoms with E-state index in [0.717, 1.165) is 25.7 Å². The summed E-state index contributed by atoms with van der Waals surface area (Å²) in [6, 6.07) is 6.79. The molecular formula is C34H58O4. The van der Waals surface area contributed by atoms with Gasteiger partial charge in [-0.2, -0.15) is 0 Å². The van der Waals surface area contributed by atoms with E-state index in [1.54, 1.807) is 24.3 Å². The molecule has 0 aliphatic carbocycles. The quantitative estimate of drug-likeness (QED) is 0.0679. The predicted molar refractivity (Wildman–Crippen MR) is 160 cm³/mol. The Morgan fingerprint density at radius 2 is 0.658 bits per heavy atom. The number of hydrogen-bond acceptors (Lipinski definition) is 4. The highest BCUT2D eigenvalue weighted by atomic mass is 16.5. The standard InChI is InChI=1S/C34H58O4/c1-3-5-7-9-11-13-15-17-19-21-23-25-33(35)37-31-27-29-32(30-28-31)38-34(36)26-24-22-20-18-16-14-12-10-8-6-4-2/h27-30H,3-26H2,1-2H3. The Morgan fingerprint density at radius 1 is 0.421 bits per heavy atom. The summed E-state index contributed by atoms with van der Waals surface area (Å²) in [5.41, 5.74) is 0. The van der Waals surface area contributed by atoms with Crippen LogP contribution in [0.4, 0.5) is 0 Å². The third kappa shape index (κ3) is 21.1. The van der Waals surface area contributed by atoms with E-state index < -0.39 is 0 Å². The second-order valence-electron chi connectivity index (χ2n) is 11.0. The van der Waals surface area contributed by atoms with Crippen molar-refractivity contribution >= 4 is 11.9 Å². The van der Waals surface area contributed by atoms with E-state index >= 15 is 0 Å². The molecule has 0 N–H and O–H groups in total. The molecule has 0 aromatic heterocycles. The van der Waals surface area contributed by atoms with Crippen LogP contribution in [0, 0.1) is 0 Å². The van der Waals surface area contributed by atoms with Crippen LogP contribution >= 0.6 is 0 Å². The highest BCUT2D eigenvalue weighted by Crippen LogP contribution is 2.20. The zero-order valence-electron chi connectivity index (χ0n) is 24.9. The predicted octanol–water partition coefficient (Wildman–Crippen LogP) is 10.9. The van der Waals surface area contributed by atoms with Gasteiger partial charge >= 0.3 is 11.9 Å². The zero-order valence-corrected chi connectivity index (χ0v) is 24.9. The Balaban J connectivity index is 2.01. The smallest absolute Gasteiger partial charge is 0.311 e. The van der Waals surface area contributed by atoms with Crippen molar-refractivity contribution in [2.24, 2.45) is 0 Å². The van der Waals surface area contributed by atoms with Crippen LogP contribution < -0.4 is 9.47 Å². The fourth-order valence-electron chi connectivity index (χ4n) is 4.81. The van der Waals surface area contributed by atoms with Gasteiger partial charge in [0.25, 0.3) is 0 Å². The van der Waals surface area contributed by atoms with Crippen molar-refractivity contribution in [3.05, 3.63) is 24.3 Å². The highest BCUT2D eigenvalue weighted by molar-refractivity contribution is 5.73. The minimum Gasteiger partial charge on any atom is -0.427 e. The molecule has 0 spiro atoms. The van der Waals surface area contributed by atoms with Crippen molar-refractivity contribution in [2.75, 3.05) is 0 Å². The minimum atomic E-state index is -0.192. The van der Waals surface area contributed by atoms with Gasteiger partial charge in [0.1, 0.15) is 11.5 Å². The normalized spacial score (nSPS) is 11.0. The maximum absolute atomic E-state index is 12.1. The lowest BCUT2D eigenvalue weighted by Crippen LogP contribution is -2.09. The number of rotatable bonds is 26. The van der Waals surface area contributed by atoms with Gasteiger partial charge in [0, 0.05) is 12.8 Å². The molecule has 0 aliphatic rings. The molecule has 0 fully saturated rings. The summed E-state index contributed by atoms with van der Waals surface area (Å²) in [7, 11) is 0. The van der Waals surface area contributed by atoms with Gasteiger partial charge in [-0.25, -0.2) is 0 Å². The highest BCUT2D eigenvalue weighted by Gasteiger charge is 2.08. The molecule has 0 saturated carbocycles. The van der Waals surface area contributed by atoms with Gasteiger partial charge in [0.2, 0.25) is 0 Å². The fourth-order valence-corrected chi connectivity index (χ4v) is 4.81. The van der Waals surface area contributed by atoms with E-state index in [9.17, 15) is 9.59 Å². The van der Waals surface area contributed by atoms with E-state index in [4.69, 9.17) is 9.47 Å². The third-order valence-corrected chi connectivity index (χ3v) is 7.26. The first-order valence-corrected chi connectivity index (χ1v) is 16.2. The lowest BCUT2D eigenvalue weighted by Gasteiger charge is -2.07. The molecule has 4 nitrogen and oxygen atoms in total.